The molecule has 0 unspecified atom stereocenters. The third-order valence-corrected chi connectivity index (χ3v) is 2.69. The van der Waals surface area contributed by atoms with E-state index in [1.807, 2.05) is 18.5 Å². The quantitative estimate of drug-likeness (QED) is 0.729. The Balaban J connectivity index is 2.04. The van der Waals surface area contributed by atoms with Crippen molar-refractivity contribution in [3.05, 3.63) is 30.1 Å². The Morgan fingerprint density at radius 1 is 1.50 bits per heavy atom. The molecule has 64 valence electrons. The van der Waals surface area contributed by atoms with Crippen molar-refractivity contribution in [2.24, 2.45) is 11.1 Å². The van der Waals surface area contributed by atoms with E-state index in [2.05, 4.69) is 11.1 Å². The van der Waals surface area contributed by atoms with Gasteiger partial charge in [-0.2, -0.15) is 0 Å². The molecule has 0 aliphatic heterocycles. The summed E-state index contributed by atoms with van der Waals surface area (Å²) in [6.45, 7) is 0.821. The van der Waals surface area contributed by atoms with Crippen LogP contribution in [-0.4, -0.2) is 11.5 Å². The first-order chi connectivity index (χ1) is 5.85. The highest BCUT2D eigenvalue weighted by atomic mass is 14.7. The number of hydrogen-bond acceptors (Lipinski definition) is 2. The Morgan fingerprint density at radius 3 is 2.83 bits per heavy atom. The van der Waals surface area contributed by atoms with E-state index in [1.165, 1.54) is 18.4 Å². The molecule has 1 aliphatic rings. The zero-order chi connectivity index (χ0) is 8.44. The summed E-state index contributed by atoms with van der Waals surface area (Å²) in [5.74, 6) is 0. The van der Waals surface area contributed by atoms with Crippen molar-refractivity contribution in [3.63, 3.8) is 0 Å². The molecule has 0 saturated heterocycles. The average molecular weight is 162 g/mol. The molecule has 12 heavy (non-hydrogen) atoms. The third-order valence-electron chi connectivity index (χ3n) is 2.69. The number of aromatic nitrogens is 1. The highest BCUT2D eigenvalue weighted by molar-refractivity contribution is 5.14. The maximum atomic E-state index is 5.70. The smallest absolute Gasteiger partial charge is 0.0300 e. The first-order valence-electron chi connectivity index (χ1n) is 4.44. The molecule has 1 fully saturated rings. The fourth-order valence-corrected chi connectivity index (χ4v) is 1.57. The third kappa shape index (κ3) is 1.48. The van der Waals surface area contributed by atoms with E-state index in [-0.39, 0.29) is 0 Å². The Bertz CT molecular complexity index is 252. The van der Waals surface area contributed by atoms with Gasteiger partial charge in [-0.05, 0) is 42.9 Å². The van der Waals surface area contributed by atoms with Crippen LogP contribution < -0.4 is 5.73 Å². The number of hydrogen-bond donors (Lipinski definition) is 1. The van der Waals surface area contributed by atoms with Crippen molar-refractivity contribution in [1.29, 1.82) is 0 Å². The molecule has 2 rings (SSSR count). The minimum Gasteiger partial charge on any atom is -0.330 e. The highest BCUT2D eigenvalue weighted by Crippen LogP contribution is 2.47. The normalized spacial score (nSPS) is 19.1. The van der Waals surface area contributed by atoms with Crippen molar-refractivity contribution >= 4 is 0 Å². The van der Waals surface area contributed by atoms with Crippen molar-refractivity contribution in [1.82, 2.24) is 4.98 Å². The van der Waals surface area contributed by atoms with E-state index in [1.54, 1.807) is 0 Å². The fraction of sp³-hybridized carbons (Fsp3) is 0.500. The molecule has 1 aliphatic carbocycles. The first kappa shape index (κ1) is 7.74. The minimum atomic E-state index is 0.434. The standard InChI is InChI=1S/C10H14N2/c11-8-10(3-4-10)6-9-2-1-5-12-7-9/h1-2,5,7H,3-4,6,8,11H2. The summed E-state index contributed by atoms with van der Waals surface area (Å²) in [5.41, 5.74) is 7.45. The lowest BCUT2D eigenvalue weighted by Gasteiger charge is -2.10. The van der Waals surface area contributed by atoms with Gasteiger partial charge in [-0.3, -0.25) is 4.98 Å². The maximum absolute atomic E-state index is 5.70. The van der Waals surface area contributed by atoms with Gasteiger partial charge in [0.2, 0.25) is 0 Å². The van der Waals surface area contributed by atoms with Crippen molar-refractivity contribution in [2.75, 3.05) is 6.54 Å². The molecule has 1 aromatic heterocycles. The molecule has 1 heterocycles. The van der Waals surface area contributed by atoms with E-state index >= 15 is 0 Å². The Kier molecular flexibility index (Phi) is 1.85. The van der Waals surface area contributed by atoms with Crippen LogP contribution in [0.2, 0.25) is 0 Å². The molecule has 2 nitrogen and oxygen atoms in total. The van der Waals surface area contributed by atoms with Crippen LogP contribution in [0.5, 0.6) is 0 Å². The summed E-state index contributed by atoms with van der Waals surface area (Å²) >= 11 is 0. The molecule has 2 heteroatoms. The summed E-state index contributed by atoms with van der Waals surface area (Å²) in [6.07, 6.45) is 7.44. The first-order valence-corrected chi connectivity index (χ1v) is 4.44. The summed E-state index contributed by atoms with van der Waals surface area (Å²) in [6, 6.07) is 4.12. The molecule has 0 bridgehead atoms. The molecule has 0 amide bonds. The summed E-state index contributed by atoms with van der Waals surface area (Å²) < 4.78 is 0. The van der Waals surface area contributed by atoms with Gasteiger partial charge in [-0.1, -0.05) is 6.07 Å². The lowest BCUT2D eigenvalue weighted by atomic mass is 9.98. The van der Waals surface area contributed by atoms with Crippen molar-refractivity contribution in [3.8, 4) is 0 Å². The lowest BCUT2D eigenvalue weighted by molar-refractivity contribution is 0.520. The van der Waals surface area contributed by atoms with Crippen LogP contribution in [0.25, 0.3) is 0 Å². The van der Waals surface area contributed by atoms with E-state index < -0.39 is 0 Å². The fourth-order valence-electron chi connectivity index (χ4n) is 1.57. The second-order valence-corrected chi connectivity index (χ2v) is 3.74. The van der Waals surface area contributed by atoms with Gasteiger partial charge in [0.25, 0.3) is 0 Å². The van der Waals surface area contributed by atoms with E-state index in [9.17, 15) is 0 Å². The largest absolute Gasteiger partial charge is 0.330 e. The molecule has 2 N–H and O–H groups in total. The Hall–Kier alpha value is -0.890. The number of nitrogens with zero attached hydrogens (tertiary/aromatic N) is 1. The van der Waals surface area contributed by atoms with Crippen LogP contribution >= 0.6 is 0 Å². The van der Waals surface area contributed by atoms with Gasteiger partial charge < -0.3 is 5.73 Å². The molecular weight excluding hydrogens is 148 g/mol. The topological polar surface area (TPSA) is 38.9 Å². The van der Waals surface area contributed by atoms with Gasteiger partial charge in [-0.25, -0.2) is 0 Å². The Morgan fingerprint density at radius 2 is 2.33 bits per heavy atom. The van der Waals surface area contributed by atoms with E-state index in [0.717, 1.165) is 13.0 Å². The summed E-state index contributed by atoms with van der Waals surface area (Å²) in [4.78, 5) is 4.09. The minimum absolute atomic E-state index is 0.434. The Labute approximate surface area is 72.8 Å². The van der Waals surface area contributed by atoms with Gasteiger partial charge in [0.05, 0.1) is 0 Å². The van der Waals surface area contributed by atoms with Crippen molar-refractivity contribution in [2.45, 2.75) is 19.3 Å². The lowest BCUT2D eigenvalue weighted by Crippen LogP contribution is -2.17. The van der Waals surface area contributed by atoms with Crippen LogP contribution in [0, 0.1) is 5.41 Å². The van der Waals surface area contributed by atoms with Crippen LogP contribution in [0.4, 0.5) is 0 Å². The summed E-state index contributed by atoms with van der Waals surface area (Å²) in [5, 5.41) is 0. The van der Waals surface area contributed by atoms with Gasteiger partial charge in [0.1, 0.15) is 0 Å². The van der Waals surface area contributed by atoms with Gasteiger partial charge in [-0.15, -0.1) is 0 Å². The molecule has 0 aromatic carbocycles. The molecule has 0 atom stereocenters. The van der Waals surface area contributed by atoms with Crippen LogP contribution in [0.15, 0.2) is 24.5 Å². The molecule has 0 radical (unpaired) electrons. The second-order valence-electron chi connectivity index (χ2n) is 3.74. The monoisotopic (exact) mass is 162 g/mol. The molecule has 1 saturated carbocycles. The number of nitrogens with two attached hydrogens (primary N) is 1. The number of rotatable bonds is 3. The highest BCUT2D eigenvalue weighted by Gasteiger charge is 2.40. The van der Waals surface area contributed by atoms with Gasteiger partial charge >= 0.3 is 0 Å². The zero-order valence-electron chi connectivity index (χ0n) is 7.16. The van der Waals surface area contributed by atoms with Crippen LogP contribution in [-0.2, 0) is 6.42 Å². The van der Waals surface area contributed by atoms with Crippen LogP contribution in [0.3, 0.4) is 0 Å². The molecular formula is C10H14N2. The van der Waals surface area contributed by atoms with E-state index in [0.29, 0.717) is 5.41 Å². The van der Waals surface area contributed by atoms with Gasteiger partial charge in [0, 0.05) is 12.4 Å². The maximum Gasteiger partial charge on any atom is 0.0300 e. The summed E-state index contributed by atoms with van der Waals surface area (Å²) in [7, 11) is 0. The molecule has 1 aromatic rings. The zero-order valence-corrected chi connectivity index (χ0v) is 7.16. The predicted octanol–water partition coefficient (Wildman–Crippen LogP) is 1.36. The van der Waals surface area contributed by atoms with E-state index in [4.69, 9.17) is 5.73 Å². The SMILES string of the molecule is NCC1(Cc2cccnc2)CC1. The van der Waals surface area contributed by atoms with Crippen LogP contribution in [0.1, 0.15) is 18.4 Å². The predicted molar refractivity (Wildman–Crippen MR) is 48.7 cm³/mol. The number of pyridine rings is 1. The van der Waals surface area contributed by atoms with Crippen molar-refractivity contribution < 1.29 is 0 Å². The second kappa shape index (κ2) is 2.87. The molecule has 0 spiro atoms. The average Bonchev–Trinajstić information content (AvgIpc) is 2.88. The van der Waals surface area contributed by atoms with Gasteiger partial charge in [0.15, 0.2) is 0 Å².